The summed E-state index contributed by atoms with van der Waals surface area (Å²) >= 11 is 0. The molecule has 0 spiro atoms. The zero-order valence-electron chi connectivity index (χ0n) is 12.9. The smallest absolute Gasteiger partial charge is 0.410 e. The van der Waals surface area contributed by atoms with Crippen LogP contribution in [0.1, 0.15) is 27.7 Å². The molecule has 20 heavy (non-hydrogen) atoms. The van der Waals surface area contributed by atoms with E-state index in [1.165, 1.54) is 9.80 Å². The highest BCUT2D eigenvalue weighted by atomic mass is 16.6. The Morgan fingerprint density at radius 2 is 1.75 bits per heavy atom. The maximum atomic E-state index is 12.1. The lowest BCUT2D eigenvalue weighted by Crippen LogP contribution is -2.46. The minimum atomic E-state index is -0.614. The third-order valence-corrected chi connectivity index (χ3v) is 2.74. The highest BCUT2D eigenvalue weighted by molar-refractivity contribution is 6.21. The first-order valence-corrected chi connectivity index (χ1v) is 6.45. The third kappa shape index (κ3) is 3.82. The van der Waals surface area contributed by atoms with Crippen LogP contribution in [0.4, 0.5) is 4.79 Å². The van der Waals surface area contributed by atoms with Gasteiger partial charge in [0.1, 0.15) is 5.60 Å². The van der Waals surface area contributed by atoms with E-state index < -0.39 is 11.7 Å². The first-order valence-electron chi connectivity index (χ1n) is 6.45. The van der Waals surface area contributed by atoms with Gasteiger partial charge in [0.15, 0.2) is 5.78 Å². The topological polar surface area (TPSA) is 66.9 Å². The third-order valence-electron chi connectivity index (χ3n) is 2.74. The maximum Gasteiger partial charge on any atom is 0.410 e. The highest BCUT2D eigenvalue weighted by Gasteiger charge is 2.33. The molecule has 0 unspecified atom stereocenters. The van der Waals surface area contributed by atoms with E-state index in [9.17, 15) is 14.4 Å². The molecule has 1 aliphatic rings. The summed E-state index contributed by atoms with van der Waals surface area (Å²) in [6.45, 7) is 7.09. The first-order chi connectivity index (χ1) is 9.03. The number of rotatable bonds is 1. The van der Waals surface area contributed by atoms with Gasteiger partial charge in [0.05, 0.1) is 12.1 Å². The molecule has 2 amide bonds. The molecule has 0 aromatic rings. The molecule has 1 aliphatic heterocycles. The van der Waals surface area contributed by atoms with Gasteiger partial charge in [-0.3, -0.25) is 14.5 Å². The Balaban J connectivity index is 2.91. The van der Waals surface area contributed by atoms with Crippen molar-refractivity contribution in [1.29, 1.82) is 0 Å². The zero-order chi connectivity index (χ0) is 15.7. The summed E-state index contributed by atoms with van der Waals surface area (Å²) in [4.78, 5) is 38.6. The predicted octanol–water partition coefficient (Wildman–Crippen LogP) is 1.21. The van der Waals surface area contributed by atoms with Crippen LogP contribution in [0.3, 0.4) is 0 Å². The molecule has 0 bridgehead atoms. The Kier molecular flexibility index (Phi) is 4.57. The van der Waals surface area contributed by atoms with Gasteiger partial charge >= 0.3 is 6.09 Å². The largest absolute Gasteiger partial charge is 0.444 e. The molecule has 6 nitrogen and oxygen atoms in total. The van der Waals surface area contributed by atoms with E-state index in [1.807, 2.05) is 0 Å². The van der Waals surface area contributed by atoms with Crippen LogP contribution >= 0.6 is 0 Å². The molecule has 112 valence electrons. The van der Waals surface area contributed by atoms with Crippen LogP contribution < -0.4 is 0 Å². The van der Waals surface area contributed by atoms with Gasteiger partial charge in [-0.1, -0.05) is 0 Å². The molecule has 0 N–H and O–H groups in total. The van der Waals surface area contributed by atoms with E-state index >= 15 is 0 Å². The second-order valence-corrected chi connectivity index (χ2v) is 6.11. The van der Waals surface area contributed by atoms with Crippen molar-refractivity contribution < 1.29 is 19.1 Å². The van der Waals surface area contributed by atoms with E-state index in [0.717, 1.165) is 0 Å². The highest BCUT2D eigenvalue weighted by Crippen LogP contribution is 2.19. The minimum Gasteiger partial charge on any atom is -0.444 e. The van der Waals surface area contributed by atoms with Crippen molar-refractivity contribution in [3.8, 4) is 0 Å². The van der Waals surface area contributed by atoms with Gasteiger partial charge in [-0.2, -0.15) is 0 Å². The van der Waals surface area contributed by atoms with Crippen molar-refractivity contribution in [3.63, 3.8) is 0 Å². The van der Waals surface area contributed by atoms with Crippen LogP contribution in [0.25, 0.3) is 0 Å². The second kappa shape index (κ2) is 5.64. The van der Waals surface area contributed by atoms with E-state index in [2.05, 4.69) is 0 Å². The summed E-state index contributed by atoms with van der Waals surface area (Å²) in [5, 5.41) is 0. The average molecular weight is 282 g/mol. The maximum absolute atomic E-state index is 12.1. The molecule has 0 radical (unpaired) electrons. The number of Topliss-reactive ketones (excluding diaryl/α,β-unsaturated/α-hetero) is 1. The van der Waals surface area contributed by atoms with Crippen LogP contribution in [-0.4, -0.2) is 60.4 Å². The molecule has 0 aromatic carbocycles. The molecule has 0 atom stereocenters. The quantitative estimate of drug-likeness (QED) is 0.678. The normalized spacial score (nSPS) is 16.3. The SMILES string of the molecule is CC1=C(C(=O)N(C)C)C(=O)CN(C(=O)OC(C)(C)C)C1. The fourth-order valence-electron chi connectivity index (χ4n) is 1.89. The second-order valence-electron chi connectivity index (χ2n) is 6.11. The van der Waals surface area contributed by atoms with Crippen molar-refractivity contribution in [1.82, 2.24) is 9.80 Å². The van der Waals surface area contributed by atoms with Gasteiger partial charge in [0.25, 0.3) is 5.91 Å². The van der Waals surface area contributed by atoms with Gasteiger partial charge < -0.3 is 9.64 Å². The molecule has 1 rings (SSSR count). The summed E-state index contributed by atoms with van der Waals surface area (Å²) in [5.74, 6) is -0.672. The summed E-state index contributed by atoms with van der Waals surface area (Å²) in [6.07, 6.45) is -0.540. The Morgan fingerprint density at radius 3 is 2.15 bits per heavy atom. The molecule has 0 aromatic heterocycles. The standard InChI is InChI=1S/C14H22N2O4/c1-9-7-16(13(19)20-14(2,3)4)8-10(17)11(9)12(18)15(5)6/h7-8H2,1-6H3. The number of hydrogen-bond donors (Lipinski definition) is 0. The molecule has 1 heterocycles. The van der Waals surface area contributed by atoms with Crippen LogP contribution in [0, 0.1) is 0 Å². The minimum absolute atomic E-state index is 0.124. The number of ketones is 1. The summed E-state index contributed by atoms with van der Waals surface area (Å²) in [6, 6.07) is 0. The average Bonchev–Trinajstić information content (AvgIpc) is 2.25. The number of carbonyl (C=O) groups is 3. The van der Waals surface area contributed by atoms with Crippen LogP contribution in [0.15, 0.2) is 11.1 Å². The Bertz CT molecular complexity index is 472. The lowest BCUT2D eigenvalue weighted by Gasteiger charge is -2.31. The summed E-state index contributed by atoms with van der Waals surface area (Å²) in [5.41, 5.74) is 0.151. The van der Waals surface area contributed by atoms with E-state index in [-0.39, 0.29) is 30.4 Å². The number of likely N-dealkylation sites (N-methyl/N-ethyl adjacent to an activating group) is 1. The number of amides is 2. The lowest BCUT2D eigenvalue weighted by atomic mass is 9.99. The number of nitrogens with zero attached hydrogens (tertiary/aromatic N) is 2. The van der Waals surface area contributed by atoms with Gasteiger partial charge in [-0.15, -0.1) is 0 Å². The van der Waals surface area contributed by atoms with Gasteiger partial charge in [-0.25, -0.2) is 4.79 Å². The van der Waals surface area contributed by atoms with Crippen LogP contribution in [0.5, 0.6) is 0 Å². The van der Waals surface area contributed by atoms with Crippen molar-refractivity contribution >= 4 is 17.8 Å². The molecule has 0 saturated heterocycles. The van der Waals surface area contributed by atoms with Crippen molar-refractivity contribution in [2.45, 2.75) is 33.3 Å². The Labute approximate surface area is 119 Å². The van der Waals surface area contributed by atoms with E-state index in [4.69, 9.17) is 4.74 Å². The fraction of sp³-hybridized carbons (Fsp3) is 0.643. The van der Waals surface area contributed by atoms with Gasteiger partial charge in [0, 0.05) is 20.6 Å². The van der Waals surface area contributed by atoms with Crippen molar-refractivity contribution in [2.75, 3.05) is 27.2 Å². The van der Waals surface area contributed by atoms with Crippen molar-refractivity contribution in [3.05, 3.63) is 11.1 Å². The Morgan fingerprint density at radius 1 is 1.20 bits per heavy atom. The zero-order valence-corrected chi connectivity index (χ0v) is 12.9. The molecular formula is C14H22N2O4. The number of ether oxygens (including phenoxy) is 1. The number of carbonyl (C=O) groups excluding carboxylic acids is 3. The predicted molar refractivity (Wildman–Crippen MR) is 74.2 cm³/mol. The molecule has 0 saturated carbocycles. The monoisotopic (exact) mass is 282 g/mol. The first kappa shape index (κ1) is 16.2. The molecule has 6 heteroatoms. The fourth-order valence-corrected chi connectivity index (χ4v) is 1.89. The van der Waals surface area contributed by atoms with Gasteiger partial charge in [0.2, 0.25) is 0 Å². The molecular weight excluding hydrogens is 260 g/mol. The summed E-state index contributed by atoms with van der Waals surface area (Å²) < 4.78 is 5.23. The number of hydrogen-bond acceptors (Lipinski definition) is 4. The van der Waals surface area contributed by atoms with E-state index in [1.54, 1.807) is 41.8 Å². The van der Waals surface area contributed by atoms with Crippen molar-refractivity contribution in [2.24, 2.45) is 0 Å². The lowest BCUT2D eigenvalue weighted by molar-refractivity contribution is -0.128. The molecule has 0 aliphatic carbocycles. The molecule has 0 fully saturated rings. The van der Waals surface area contributed by atoms with Gasteiger partial charge in [-0.05, 0) is 33.3 Å². The Hall–Kier alpha value is -1.85. The van der Waals surface area contributed by atoms with E-state index in [0.29, 0.717) is 5.57 Å². The van der Waals surface area contributed by atoms with Crippen LogP contribution in [0.2, 0.25) is 0 Å². The summed E-state index contributed by atoms with van der Waals surface area (Å²) in [7, 11) is 3.19. The van der Waals surface area contributed by atoms with Crippen LogP contribution in [-0.2, 0) is 14.3 Å².